The predicted octanol–water partition coefficient (Wildman–Crippen LogP) is 6.80. The van der Waals surface area contributed by atoms with Gasteiger partial charge < -0.3 is 20.4 Å². The minimum Gasteiger partial charge on any atom is -0.367 e. The fourth-order valence-corrected chi connectivity index (χ4v) is 5.30. The molecule has 1 heterocycles. The maximum atomic E-state index is 13.0. The molecule has 0 bridgehead atoms. The lowest BCUT2D eigenvalue weighted by molar-refractivity contribution is -0.137. The number of aliphatic hydroxyl groups excluding tert-OH is 1. The van der Waals surface area contributed by atoms with Gasteiger partial charge in [-0.2, -0.15) is 13.2 Å². The van der Waals surface area contributed by atoms with Gasteiger partial charge in [-0.15, -0.1) is 0 Å². The Morgan fingerprint density at radius 2 is 1.66 bits per heavy atom. The fraction of sp³-hybridized carbons (Fsp3) is 0.242. The molecule has 0 saturated heterocycles. The summed E-state index contributed by atoms with van der Waals surface area (Å²) in [6, 6.07) is 25.2. The van der Waals surface area contributed by atoms with Crippen LogP contribution in [-0.2, 0) is 19.1 Å². The highest BCUT2D eigenvalue weighted by Gasteiger charge is 2.30. The van der Waals surface area contributed by atoms with Gasteiger partial charge in [-0.1, -0.05) is 60.7 Å². The van der Waals surface area contributed by atoms with Gasteiger partial charge in [-0.3, -0.25) is 4.79 Å². The average molecular weight is 561 g/mol. The summed E-state index contributed by atoms with van der Waals surface area (Å²) >= 11 is 0. The number of hydrogen-bond donors (Lipinski definition) is 3. The largest absolute Gasteiger partial charge is 0.416 e. The van der Waals surface area contributed by atoms with Crippen molar-refractivity contribution in [2.75, 3.05) is 11.4 Å². The van der Waals surface area contributed by atoms with Crippen LogP contribution in [0.4, 0.5) is 18.9 Å². The predicted molar refractivity (Wildman–Crippen MR) is 152 cm³/mol. The Bertz CT molecular complexity index is 1520. The number of carbonyl (C=O) groups excluding carboxylic acids is 1. The summed E-state index contributed by atoms with van der Waals surface area (Å²) in [5.74, 6) is -0.277. The zero-order valence-corrected chi connectivity index (χ0v) is 22.5. The van der Waals surface area contributed by atoms with E-state index in [-0.39, 0.29) is 5.91 Å². The topological polar surface area (TPSA) is 72.8 Å². The molecule has 1 amide bonds. The molecule has 0 unspecified atom stereocenters. The van der Waals surface area contributed by atoms with Crippen molar-refractivity contribution in [2.24, 2.45) is 0 Å². The fourth-order valence-electron chi connectivity index (χ4n) is 5.30. The third kappa shape index (κ3) is 6.45. The summed E-state index contributed by atoms with van der Waals surface area (Å²) in [5.41, 5.74) is 5.77. The molecule has 0 aromatic heterocycles. The Labute approximate surface area is 236 Å². The third-order valence-corrected chi connectivity index (χ3v) is 7.52. The first-order valence-corrected chi connectivity index (χ1v) is 13.5. The maximum absolute atomic E-state index is 13.0. The van der Waals surface area contributed by atoms with Crippen LogP contribution in [0.3, 0.4) is 0 Å². The molecule has 5 nitrogen and oxygen atoms in total. The van der Waals surface area contributed by atoms with Crippen LogP contribution in [0, 0.1) is 0 Å². The van der Waals surface area contributed by atoms with Crippen LogP contribution < -0.4 is 10.2 Å². The second-order valence-electron chi connectivity index (χ2n) is 10.3. The first kappa shape index (κ1) is 28.4. The van der Waals surface area contributed by atoms with E-state index in [0.29, 0.717) is 23.2 Å². The molecule has 3 N–H and O–H groups in total. The second-order valence-corrected chi connectivity index (χ2v) is 10.3. The van der Waals surface area contributed by atoms with E-state index in [1.807, 2.05) is 48.5 Å². The van der Waals surface area contributed by atoms with E-state index in [1.165, 1.54) is 12.1 Å². The molecule has 0 aliphatic carbocycles. The average Bonchev–Trinajstić information content (AvgIpc) is 2.97. The van der Waals surface area contributed by atoms with Crippen molar-refractivity contribution in [3.8, 4) is 11.1 Å². The summed E-state index contributed by atoms with van der Waals surface area (Å²) in [4.78, 5) is 15.3. The number of nitrogens with one attached hydrogen (secondary N) is 1. The number of benzene rings is 4. The maximum Gasteiger partial charge on any atom is 0.416 e. The van der Waals surface area contributed by atoms with Gasteiger partial charge >= 0.3 is 6.18 Å². The number of rotatable bonds is 7. The number of fused-ring (bicyclic) bond motifs is 1. The van der Waals surface area contributed by atoms with Crippen molar-refractivity contribution < 1.29 is 28.2 Å². The molecule has 212 valence electrons. The van der Waals surface area contributed by atoms with Crippen molar-refractivity contribution in [1.82, 2.24) is 5.32 Å². The van der Waals surface area contributed by atoms with E-state index in [4.69, 9.17) is 0 Å². The van der Waals surface area contributed by atoms with Gasteiger partial charge in [0.1, 0.15) is 0 Å². The van der Waals surface area contributed by atoms with Gasteiger partial charge in [0.05, 0.1) is 11.6 Å². The number of halogens is 3. The van der Waals surface area contributed by atoms with Gasteiger partial charge in [0.25, 0.3) is 5.91 Å². The number of aryl methyl sites for hydroxylation is 1. The highest BCUT2D eigenvalue weighted by Crippen LogP contribution is 2.32. The molecule has 1 aliphatic rings. The Morgan fingerprint density at radius 3 is 2.34 bits per heavy atom. The normalized spacial score (nSPS) is 14.1. The van der Waals surface area contributed by atoms with Crippen LogP contribution >= 0.6 is 0 Å². The number of nitrogens with zero attached hydrogens (tertiary/aromatic N) is 1. The molecule has 0 fully saturated rings. The Kier molecular flexibility index (Phi) is 8.15. The van der Waals surface area contributed by atoms with Crippen LogP contribution in [0.5, 0.6) is 0 Å². The van der Waals surface area contributed by atoms with E-state index in [2.05, 4.69) is 10.2 Å². The van der Waals surface area contributed by atoms with E-state index >= 15 is 0 Å². The van der Waals surface area contributed by atoms with Gasteiger partial charge in [0.2, 0.25) is 0 Å². The smallest absolute Gasteiger partial charge is 0.367 e. The van der Waals surface area contributed by atoms with E-state index in [9.17, 15) is 28.2 Å². The lowest BCUT2D eigenvalue weighted by Gasteiger charge is -2.32. The number of carbonyl (C=O) groups is 1. The standard InChI is InChI=1S/C33H31F3N2O3/c1-21(23-12-15-27(16-13-23)33(34,35)36)37-31(39)26-14-17-30-25(19-26)5-4-18-38(30)20-22-8-10-24(11-9-22)28-6-2-3-7-29(28)32(40)41/h2-3,6-17,19,21,32,40-41H,4-5,18,20H2,1H3,(H,37,39)/t21-/m0/s1. The molecule has 0 radical (unpaired) electrons. The second kappa shape index (κ2) is 11.8. The van der Waals surface area contributed by atoms with Crippen molar-refractivity contribution in [3.63, 3.8) is 0 Å². The summed E-state index contributed by atoms with van der Waals surface area (Å²) in [6.45, 7) is 3.31. The van der Waals surface area contributed by atoms with Gasteiger partial charge in [0.15, 0.2) is 6.29 Å². The summed E-state index contributed by atoms with van der Waals surface area (Å²) in [6.07, 6.45) is -4.15. The molecule has 0 saturated carbocycles. The number of amides is 1. The minimum absolute atomic E-state index is 0.277. The Balaban J connectivity index is 1.26. The highest BCUT2D eigenvalue weighted by molar-refractivity contribution is 5.95. The molecule has 1 aliphatic heterocycles. The van der Waals surface area contributed by atoms with Crippen LogP contribution in [0.2, 0.25) is 0 Å². The molecular weight excluding hydrogens is 529 g/mol. The molecule has 5 rings (SSSR count). The molecule has 4 aromatic rings. The molecular formula is C33H31F3N2O3. The van der Waals surface area contributed by atoms with Gasteiger partial charge in [-0.05, 0) is 77.9 Å². The van der Waals surface area contributed by atoms with Crippen molar-refractivity contribution in [1.29, 1.82) is 0 Å². The van der Waals surface area contributed by atoms with Gasteiger partial charge in [0, 0.05) is 29.9 Å². The van der Waals surface area contributed by atoms with E-state index in [1.54, 1.807) is 25.1 Å². The van der Waals surface area contributed by atoms with E-state index < -0.39 is 24.1 Å². The third-order valence-electron chi connectivity index (χ3n) is 7.52. The zero-order valence-electron chi connectivity index (χ0n) is 22.5. The number of alkyl halides is 3. The van der Waals surface area contributed by atoms with Crippen molar-refractivity contribution in [3.05, 3.63) is 124 Å². The van der Waals surface area contributed by atoms with Crippen molar-refractivity contribution >= 4 is 11.6 Å². The SMILES string of the molecule is C[C@H](NC(=O)c1ccc2c(c1)CCCN2Cc1ccc(-c2ccccc2C(O)O)cc1)c1ccc(C(F)(F)F)cc1. The zero-order chi connectivity index (χ0) is 29.1. The molecule has 0 spiro atoms. The summed E-state index contributed by atoms with van der Waals surface area (Å²) in [5, 5.41) is 22.3. The summed E-state index contributed by atoms with van der Waals surface area (Å²) in [7, 11) is 0. The lowest BCUT2D eigenvalue weighted by Crippen LogP contribution is -2.30. The lowest BCUT2D eigenvalue weighted by atomic mass is 9.96. The summed E-state index contributed by atoms with van der Waals surface area (Å²) < 4.78 is 38.6. The molecule has 4 aromatic carbocycles. The monoisotopic (exact) mass is 560 g/mol. The molecule has 1 atom stereocenters. The first-order chi connectivity index (χ1) is 19.6. The highest BCUT2D eigenvalue weighted by atomic mass is 19.4. The van der Waals surface area contributed by atoms with Crippen molar-refractivity contribution in [2.45, 2.75) is 44.8 Å². The van der Waals surface area contributed by atoms with Crippen LogP contribution in [0.1, 0.15) is 63.9 Å². The number of aliphatic hydroxyl groups is 2. The number of anilines is 1. The van der Waals surface area contributed by atoms with Gasteiger partial charge in [-0.25, -0.2) is 0 Å². The van der Waals surface area contributed by atoms with Crippen LogP contribution in [0.15, 0.2) is 91.0 Å². The first-order valence-electron chi connectivity index (χ1n) is 13.5. The molecule has 41 heavy (non-hydrogen) atoms. The van der Waals surface area contributed by atoms with E-state index in [0.717, 1.165) is 59.5 Å². The Hall–Kier alpha value is -4.14. The minimum atomic E-state index is -4.40. The van der Waals surface area contributed by atoms with Crippen LogP contribution in [-0.4, -0.2) is 22.7 Å². The number of hydrogen-bond acceptors (Lipinski definition) is 4. The van der Waals surface area contributed by atoms with Crippen LogP contribution in [0.25, 0.3) is 11.1 Å². The Morgan fingerprint density at radius 1 is 0.951 bits per heavy atom. The molecule has 8 heteroatoms. The quantitative estimate of drug-likeness (QED) is 0.218.